The average molecular weight is 360 g/mol. The molecule has 3 nitrogen and oxygen atoms in total. The molecular formula is C16H37NO2Si3. The normalized spacial score (nSPS) is 19.0. The van der Waals surface area contributed by atoms with E-state index in [9.17, 15) is 0 Å². The number of rotatable bonds is 8. The van der Waals surface area contributed by atoms with Crippen LogP contribution in [0.2, 0.25) is 51.9 Å². The molecule has 1 saturated carbocycles. The summed E-state index contributed by atoms with van der Waals surface area (Å²) in [5.41, 5.74) is 0. The van der Waals surface area contributed by atoms with Crippen molar-refractivity contribution in [2.45, 2.75) is 96.4 Å². The minimum atomic E-state index is -2.07. The zero-order valence-electron chi connectivity index (χ0n) is 15.9. The predicted molar refractivity (Wildman–Crippen MR) is 105 cm³/mol. The van der Waals surface area contributed by atoms with Gasteiger partial charge in [-0.15, -0.1) is 0 Å². The van der Waals surface area contributed by atoms with Gasteiger partial charge in [0.2, 0.25) is 0 Å². The standard InChI is InChI=1S/C16H37NO2Si3/c1-20(2,3)18-22(7,19-21(4,5)6)15-11-14-17-16-12-9-8-10-13-16/h14,16H,8-13,15H2,1-7H3. The lowest BCUT2D eigenvalue weighted by molar-refractivity contribution is 0.384. The fourth-order valence-corrected chi connectivity index (χ4v) is 15.6. The van der Waals surface area contributed by atoms with Crippen LogP contribution in [0, 0.1) is 0 Å². The van der Waals surface area contributed by atoms with Gasteiger partial charge in [-0.1, -0.05) is 19.3 Å². The Bertz CT molecular complexity index is 339. The van der Waals surface area contributed by atoms with Gasteiger partial charge in [0.25, 0.3) is 0 Å². The van der Waals surface area contributed by atoms with Gasteiger partial charge in [-0.2, -0.15) is 0 Å². The number of hydrogen-bond donors (Lipinski definition) is 0. The fourth-order valence-electron chi connectivity index (χ4n) is 3.20. The van der Waals surface area contributed by atoms with Crippen LogP contribution in [0.15, 0.2) is 4.99 Å². The first-order valence-electron chi connectivity index (χ1n) is 8.91. The molecule has 1 fully saturated rings. The van der Waals surface area contributed by atoms with Gasteiger partial charge < -0.3 is 8.23 Å². The van der Waals surface area contributed by atoms with Crippen molar-refractivity contribution in [2.75, 3.05) is 0 Å². The highest BCUT2D eigenvalue weighted by atomic mass is 28.5. The molecule has 22 heavy (non-hydrogen) atoms. The zero-order valence-corrected chi connectivity index (χ0v) is 18.9. The third kappa shape index (κ3) is 9.40. The molecule has 130 valence electrons. The molecule has 0 saturated heterocycles. The topological polar surface area (TPSA) is 30.8 Å². The second-order valence-corrected chi connectivity index (χ2v) is 21.6. The second kappa shape index (κ2) is 8.37. The van der Waals surface area contributed by atoms with E-state index in [4.69, 9.17) is 13.2 Å². The molecule has 0 amide bonds. The van der Waals surface area contributed by atoms with E-state index in [-0.39, 0.29) is 0 Å². The van der Waals surface area contributed by atoms with Crippen LogP contribution in [0.3, 0.4) is 0 Å². The second-order valence-electron chi connectivity index (χ2n) is 8.72. The first-order valence-corrected chi connectivity index (χ1v) is 18.3. The zero-order chi connectivity index (χ0) is 16.9. The van der Waals surface area contributed by atoms with Crippen molar-refractivity contribution in [2.24, 2.45) is 4.99 Å². The number of hydrogen-bond acceptors (Lipinski definition) is 3. The summed E-state index contributed by atoms with van der Waals surface area (Å²) in [6.45, 7) is 15.9. The van der Waals surface area contributed by atoms with Crippen LogP contribution in [-0.2, 0) is 8.23 Å². The molecule has 0 N–H and O–H groups in total. The van der Waals surface area contributed by atoms with Crippen LogP contribution < -0.4 is 0 Å². The van der Waals surface area contributed by atoms with E-state index in [0.29, 0.717) is 6.04 Å². The third-order valence-corrected chi connectivity index (χ3v) is 13.2. The molecule has 1 rings (SSSR count). The predicted octanol–water partition coefficient (Wildman–Crippen LogP) is 5.56. The van der Waals surface area contributed by atoms with E-state index in [2.05, 4.69) is 52.0 Å². The molecule has 1 aliphatic rings. The summed E-state index contributed by atoms with van der Waals surface area (Å²) in [6, 6.07) is 1.62. The van der Waals surface area contributed by atoms with E-state index in [1.165, 1.54) is 32.1 Å². The van der Waals surface area contributed by atoms with Gasteiger partial charge in [-0.3, -0.25) is 4.99 Å². The summed E-state index contributed by atoms with van der Waals surface area (Å²) in [5, 5.41) is 0. The lowest BCUT2D eigenvalue weighted by Crippen LogP contribution is -2.52. The van der Waals surface area contributed by atoms with Crippen molar-refractivity contribution in [1.29, 1.82) is 0 Å². The van der Waals surface area contributed by atoms with Gasteiger partial charge >= 0.3 is 8.56 Å². The van der Waals surface area contributed by atoms with Gasteiger partial charge in [0, 0.05) is 6.04 Å². The average Bonchev–Trinajstić information content (AvgIpc) is 2.31. The smallest absolute Gasteiger partial charge is 0.314 e. The number of aliphatic imine (C=N–C) groups is 1. The van der Waals surface area contributed by atoms with Crippen LogP contribution in [0.25, 0.3) is 0 Å². The Morgan fingerprint density at radius 3 is 1.82 bits per heavy atom. The van der Waals surface area contributed by atoms with E-state index >= 15 is 0 Å². The van der Waals surface area contributed by atoms with Gasteiger partial charge in [0.05, 0.1) is 0 Å². The molecule has 0 atom stereocenters. The van der Waals surface area contributed by atoms with E-state index in [1.54, 1.807) is 0 Å². The Hall–Kier alpha value is 0.241. The van der Waals surface area contributed by atoms with Crippen LogP contribution >= 0.6 is 0 Å². The summed E-state index contributed by atoms with van der Waals surface area (Å²) in [7, 11) is -5.22. The SMILES string of the molecule is C[Si](C)(C)O[Si](C)(CCC=NC1CCCCC1)O[Si](C)(C)C. The van der Waals surface area contributed by atoms with E-state index < -0.39 is 25.2 Å². The molecule has 6 heteroatoms. The Morgan fingerprint density at radius 1 is 0.864 bits per heavy atom. The molecule has 0 radical (unpaired) electrons. The maximum absolute atomic E-state index is 6.52. The third-order valence-electron chi connectivity index (χ3n) is 3.66. The van der Waals surface area contributed by atoms with Crippen molar-refractivity contribution < 1.29 is 8.23 Å². The largest absolute Gasteiger partial charge is 0.437 e. The van der Waals surface area contributed by atoms with E-state index in [1.807, 2.05) is 0 Å². The summed E-state index contributed by atoms with van der Waals surface area (Å²) in [6.07, 6.45) is 9.82. The maximum Gasteiger partial charge on any atom is 0.314 e. The molecule has 0 bridgehead atoms. The van der Waals surface area contributed by atoms with Crippen molar-refractivity contribution in [3.63, 3.8) is 0 Å². The van der Waals surface area contributed by atoms with Gasteiger partial charge in [0.15, 0.2) is 16.6 Å². The molecule has 0 heterocycles. The van der Waals surface area contributed by atoms with Crippen molar-refractivity contribution in [3.8, 4) is 0 Å². The lowest BCUT2D eigenvalue weighted by atomic mass is 9.96. The molecule has 0 aliphatic heterocycles. The Balaban J connectivity index is 2.54. The van der Waals surface area contributed by atoms with Crippen molar-refractivity contribution >= 4 is 31.4 Å². The molecule has 0 aromatic heterocycles. The highest BCUT2D eigenvalue weighted by molar-refractivity contribution is 6.87. The fraction of sp³-hybridized carbons (Fsp3) is 0.938. The molecular weight excluding hydrogens is 322 g/mol. The Labute approximate surface area is 141 Å². The number of nitrogens with zero attached hydrogens (tertiary/aromatic N) is 1. The summed E-state index contributed by atoms with van der Waals surface area (Å²) < 4.78 is 13.0. The van der Waals surface area contributed by atoms with Crippen molar-refractivity contribution in [3.05, 3.63) is 0 Å². The summed E-state index contributed by atoms with van der Waals surface area (Å²) in [5.74, 6) is 0. The quantitative estimate of drug-likeness (QED) is 0.420. The summed E-state index contributed by atoms with van der Waals surface area (Å²) in [4.78, 5) is 4.79. The Morgan fingerprint density at radius 2 is 1.36 bits per heavy atom. The molecule has 1 aliphatic carbocycles. The minimum absolute atomic E-state index is 0.581. The highest BCUT2D eigenvalue weighted by Crippen LogP contribution is 2.25. The van der Waals surface area contributed by atoms with Crippen molar-refractivity contribution in [1.82, 2.24) is 0 Å². The van der Waals surface area contributed by atoms with Gasteiger partial charge in [-0.05, 0) is 77.4 Å². The first-order chi connectivity index (χ1) is 9.99. The van der Waals surface area contributed by atoms with Crippen LogP contribution in [-0.4, -0.2) is 37.5 Å². The molecule has 0 aromatic carbocycles. The lowest BCUT2D eigenvalue weighted by Gasteiger charge is -2.38. The van der Waals surface area contributed by atoms with Gasteiger partial charge in [0.1, 0.15) is 0 Å². The first kappa shape index (κ1) is 20.3. The van der Waals surface area contributed by atoms with Crippen LogP contribution in [0.5, 0.6) is 0 Å². The molecule has 0 aromatic rings. The monoisotopic (exact) mass is 359 g/mol. The minimum Gasteiger partial charge on any atom is -0.437 e. The van der Waals surface area contributed by atoms with E-state index in [0.717, 1.165) is 12.5 Å². The van der Waals surface area contributed by atoms with Crippen LogP contribution in [0.4, 0.5) is 0 Å². The molecule has 0 spiro atoms. The summed E-state index contributed by atoms with van der Waals surface area (Å²) >= 11 is 0. The highest BCUT2D eigenvalue weighted by Gasteiger charge is 2.39. The molecule has 0 unspecified atom stereocenters. The van der Waals surface area contributed by atoms with Gasteiger partial charge in [-0.25, -0.2) is 0 Å². The maximum atomic E-state index is 6.52. The van der Waals surface area contributed by atoms with Crippen LogP contribution in [0.1, 0.15) is 38.5 Å². The Kier molecular flexibility index (Phi) is 7.72.